The summed E-state index contributed by atoms with van der Waals surface area (Å²) in [7, 11) is 0. The van der Waals surface area contributed by atoms with Crippen LogP contribution in [0.15, 0.2) is 73.1 Å². The summed E-state index contributed by atoms with van der Waals surface area (Å²) in [6.45, 7) is 2.71. The molecule has 0 unspecified atom stereocenters. The predicted molar refractivity (Wildman–Crippen MR) is 88.3 cm³/mol. The fourth-order valence-corrected chi connectivity index (χ4v) is 2.34. The Hall–Kier alpha value is -2.52. The molecule has 3 aromatic rings. The molecule has 0 amide bonds. The lowest BCUT2D eigenvalue weighted by Crippen LogP contribution is -3.00. The van der Waals surface area contributed by atoms with E-state index in [0.717, 1.165) is 23.5 Å². The number of benzene rings is 2. The lowest BCUT2D eigenvalue weighted by molar-refractivity contribution is -0.687. The van der Waals surface area contributed by atoms with Crippen LogP contribution in [0.1, 0.15) is 11.1 Å². The van der Waals surface area contributed by atoms with Crippen molar-refractivity contribution in [3.63, 3.8) is 0 Å². The zero-order valence-electron chi connectivity index (χ0n) is 12.9. The van der Waals surface area contributed by atoms with Gasteiger partial charge in [-0.15, -0.1) is 0 Å². The maximum absolute atomic E-state index is 9.78. The number of hydrogen-bond acceptors (Lipinski definition) is 2. The molecule has 0 atom stereocenters. The number of nitrogens with one attached hydrogen (secondary N) is 1. The molecule has 0 saturated heterocycles. The fraction of sp³-hybridized carbons (Fsp3) is 0.105. The lowest BCUT2D eigenvalue weighted by Gasteiger charge is -2.07. The van der Waals surface area contributed by atoms with Gasteiger partial charge in [0.25, 0.3) is 0 Å². The van der Waals surface area contributed by atoms with Crippen LogP contribution in [0.3, 0.4) is 0 Å². The van der Waals surface area contributed by atoms with Gasteiger partial charge in [-0.2, -0.15) is 4.57 Å². The smallest absolute Gasteiger partial charge is 0.192 e. The van der Waals surface area contributed by atoms with Crippen molar-refractivity contribution in [1.82, 2.24) is 0 Å². The molecule has 4 heteroatoms. The van der Waals surface area contributed by atoms with Crippen LogP contribution >= 0.6 is 0 Å². The summed E-state index contributed by atoms with van der Waals surface area (Å²) in [6, 6.07) is 20.0. The molecule has 0 aliphatic heterocycles. The van der Waals surface area contributed by atoms with E-state index >= 15 is 0 Å². The number of hydrogen-bond donors (Lipinski definition) is 2. The van der Waals surface area contributed by atoms with E-state index in [0.29, 0.717) is 5.75 Å². The lowest BCUT2D eigenvalue weighted by atomic mass is 10.2. The second-order valence-electron chi connectivity index (χ2n) is 5.38. The van der Waals surface area contributed by atoms with Crippen LogP contribution in [-0.2, 0) is 6.54 Å². The molecule has 1 aromatic heterocycles. The molecule has 0 aliphatic rings. The summed E-state index contributed by atoms with van der Waals surface area (Å²) in [5.74, 6) is 0.304. The van der Waals surface area contributed by atoms with Gasteiger partial charge in [0, 0.05) is 23.4 Å². The van der Waals surface area contributed by atoms with Gasteiger partial charge in [-0.05, 0) is 24.6 Å². The summed E-state index contributed by atoms with van der Waals surface area (Å²) in [4.78, 5) is 0. The summed E-state index contributed by atoms with van der Waals surface area (Å²) in [5.41, 5.74) is 4.00. The van der Waals surface area contributed by atoms with Gasteiger partial charge in [-0.1, -0.05) is 36.4 Å². The van der Waals surface area contributed by atoms with Gasteiger partial charge >= 0.3 is 0 Å². The minimum Gasteiger partial charge on any atom is -1.00 e. The first-order valence-electron chi connectivity index (χ1n) is 7.30. The molecule has 1 heterocycles. The number of rotatable bonds is 4. The summed E-state index contributed by atoms with van der Waals surface area (Å²) >= 11 is 0. The van der Waals surface area contributed by atoms with Crippen molar-refractivity contribution in [2.45, 2.75) is 13.5 Å². The molecule has 2 N–H and O–H groups in total. The molecule has 23 heavy (non-hydrogen) atoms. The SMILES string of the molecule is Cc1ccc(Nc2ccc[n+](Cc3ccccc3)c2)cc1O.[Cl-]. The van der Waals surface area contributed by atoms with E-state index in [4.69, 9.17) is 0 Å². The number of anilines is 2. The molecule has 2 aromatic carbocycles. The van der Waals surface area contributed by atoms with Crippen LogP contribution in [0, 0.1) is 6.92 Å². The second-order valence-corrected chi connectivity index (χ2v) is 5.38. The Kier molecular flexibility index (Phi) is 5.61. The van der Waals surface area contributed by atoms with Crippen molar-refractivity contribution < 1.29 is 22.1 Å². The molecule has 0 saturated carbocycles. The van der Waals surface area contributed by atoms with Crippen LogP contribution in [0.2, 0.25) is 0 Å². The quantitative estimate of drug-likeness (QED) is 0.695. The van der Waals surface area contributed by atoms with Gasteiger partial charge in [0.15, 0.2) is 18.9 Å². The number of aryl methyl sites for hydroxylation is 1. The third kappa shape index (κ3) is 4.47. The van der Waals surface area contributed by atoms with Gasteiger partial charge < -0.3 is 22.8 Å². The van der Waals surface area contributed by atoms with Crippen molar-refractivity contribution in [3.8, 4) is 5.75 Å². The van der Waals surface area contributed by atoms with Crippen LogP contribution in [-0.4, -0.2) is 5.11 Å². The maximum Gasteiger partial charge on any atom is 0.192 e. The van der Waals surface area contributed by atoms with Crippen LogP contribution in [0.5, 0.6) is 5.75 Å². The Bertz CT molecular complexity index is 775. The van der Waals surface area contributed by atoms with Gasteiger partial charge in [-0.25, -0.2) is 0 Å². The minimum atomic E-state index is 0. The first kappa shape index (κ1) is 16.8. The number of phenols is 1. The zero-order valence-corrected chi connectivity index (χ0v) is 13.7. The van der Waals surface area contributed by atoms with Crippen molar-refractivity contribution in [2.24, 2.45) is 0 Å². The van der Waals surface area contributed by atoms with Crippen molar-refractivity contribution in [3.05, 3.63) is 84.2 Å². The van der Waals surface area contributed by atoms with Crippen LogP contribution in [0.25, 0.3) is 0 Å². The van der Waals surface area contributed by atoms with E-state index in [1.807, 2.05) is 55.6 Å². The average Bonchev–Trinajstić information content (AvgIpc) is 2.52. The first-order chi connectivity index (χ1) is 10.7. The molecule has 3 nitrogen and oxygen atoms in total. The summed E-state index contributed by atoms with van der Waals surface area (Å²) in [5, 5.41) is 13.1. The van der Waals surface area contributed by atoms with Crippen molar-refractivity contribution in [1.29, 1.82) is 0 Å². The monoisotopic (exact) mass is 326 g/mol. The highest BCUT2D eigenvalue weighted by molar-refractivity contribution is 5.60. The third-order valence-electron chi connectivity index (χ3n) is 3.56. The Morgan fingerprint density at radius 1 is 0.957 bits per heavy atom. The minimum absolute atomic E-state index is 0. The van der Waals surface area contributed by atoms with E-state index in [9.17, 15) is 5.11 Å². The molecule has 0 aliphatic carbocycles. The Balaban J connectivity index is 0.00000192. The fourth-order valence-electron chi connectivity index (χ4n) is 2.34. The van der Waals surface area contributed by atoms with Crippen LogP contribution < -0.4 is 22.3 Å². The molecule has 118 valence electrons. The largest absolute Gasteiger partial charge is 1.00 e. The number of phenolic OH excluding ortho intramolecular Hbond substituents is 1. The molecule has 0 radical (unpaired) electrons. The van der Waals surface area contributed by atoms with Gasteiger partial charge in [0.2, 0.25) is 0 Å². The summed E-state index contributed by atoms with van der Waals surface area (Å²) < 4.78 is 2.13. The normalized spacial score (nSPS) is 9.96. The van der Waals surface area contributed by atoms with E-state index < -0.39 is 0 Å². The zero-order chi connectivity index (χ0) is 15.4. The van der Waals surface area contributed by atoms with Gasteiger partial charge in [0.1, 0.15) is 11.4 Å². The molecular weight excluding hydrogens is 308 g/mol. The average molecular weight is 327 g/mol. The number of pyridine rings is 1. The van der Waals surface area contributed by atoms with Gasteiger partial charge in [-0.3, -0.25) is 0 Å². The third-order valence-corrected chi connectivity index (χ3v) is 3.56. The highest BCUT2D eigenvalue weighted by Crippen LogP contribution is 2.23. The standard InChI is InChI=1S/C19H18N2O.ClH/c1-15-9-10-17(12-19(15)22)20-18-8-5-11-21(14-18)13-16-6-3-2-4-7-16;/h2-12,14,20H,13H2,1H3;1H. The molecule has 0 spiro atoms. The predicted octanol–water partition coefficient (Wildman–Crippen LogP) is 0.784. The van der Waals surface area contributed by atoms with Crippen molar-refractivity contribution in [2.75, 3.05) is 5.32 Å². The Morgan fingerprint density at radius 3 is 2.48 bits per heavy atom. The maximum atomic E-state index is 9.78. The van der Waals surface area contributed by atoms with Gasteiger partial charge in [0.05, 0.1) is 0 Å². The molecule has 0 fully saturated rings. The number of aromatic nitrogens is 1. The van der Waals surface area contributed by atoms with E-state index in [1.54, 1.807) is 6.07 Å². The van der Waals surface area contributed by atoms with E-state index in [-0.39, 0.29) is 12.4 Å². The molecule has 0 bridgehead atoms. The van der Waals surface area contributed by atoms with Crippen molar-refractivity contribution >= 4 is 11.4 Å². The van der Waals surface area contributed by atoms with E-state index in [2.05, 4.69) is 28.2 Å². The Morgan fingerprint density at radius 2 is 1.74 bits per heavy atom. The topological polar surface area (TPSA) is 36.1 Å². The number of aromatic hydroxyl groups is 1. The second kappa shape index (κ2) is 7.65. The Labute approximate surface area is 142 Å². The summed E-state index contributed by atoms with van der Waals surface area (Å²) in [6.07, 6.45) is 4.11. The highest BCUT2D eigenvalue weighted by atomic mass is 35.5. The molecular formula is C19H19ClN2O. The highest BCUT2D eigenvalue weighted by Gasteiger charge is 2.05. The molecule has 3 rings (SSSR count). The first-order valence-corrected chi connectivity index (χ1v) is 7.30. The number of nitrogens with zero attached hydrogens (tertiary/aromatic N) is 1. The van der Waals surface area contributed by atoms with E-state index in [1.165, 1.54) is 5.56 Å². The number of halogens is 1. The van der Waals surface area contributed by atoms with Crippen LogP contribution in [0.4, 0.5) is 11.4 Å².